The molecule has 2 aromatic carbocycles. The van der Waals surface area contributed by atoms with E-state index >= 15 is 0 Å². The molecular formula is C23H26N4O2. The molecule has 29 heavy (non-hydrogen) atoms. The second-order valence-corrected chi connectivity index (χ2v) is 8.00. The van der Waals surface area contributed by atoms with Crippen LogP contribution in [0.5, 0.6) is 0 Å². The van der Waals surface area contributed by atoms with Crippen LogP contribution in [0.15, 0.2) is 47.3 Å². The maximum Gasteiger partial charge on any atom is 0.347 e. The van der Waals surface area contributed by atoms with Crippen LogP contribution in [-0.4, -0.2) is 38.7 Å². The summed E-state index contributed by atoms with van der Waals surface area (Å²) >= 11 is 0. The van der Waals surface area contributed by atoms with Crippen LogP contribution < -0.4 is 5.69 Å². The zero-order valence-electron chi connectivity index (χ0n) is 17.1. The van der Waals surface area contributed by atoms with E-state index in [-0.39, 0.29) is 17.5 Å². The third kappa shape index (κ3) is 3.88. The molecule has 0 bridgehead atoms. The first-order valence-electron chi connectivity index (χ1n) is 10.0. The Morgan fingerprint density at radius 2 is 1.59 bits per heavy atom. The average Bonchev–Trinajstić information content (AvgIpc) is 3.09. The molecule has 4 rings (SSSR count). The second-order valence-electron chi connectivity index (χ2n) is 8.00. The van der Waals surface area contributed by atoms with E-state index in [2.05, 4.69) is 16.3 Å². The summed E-state index contributed by atoms with van der Waals surface area (Å²) in [7, 11) is 0. The molecule has 0 saturated carbocycles. The standard InChI is InChI=1S/C23H26N4O2/c1-15-4-6-20(7-5-15)27-21(24-25-23(27)29)18-8-10-26(11-9-18)22(28)19-13-16(2)12-17(3)14-19/h4-7,12-14,18H,8-11H2,1-3H3,(H,25,29). The van der Waals surface area contributed by atoms with Gasteiger partial charge in [-0.3, -0.25) is 4.79 Å². The number of hydrogen-bond donors (Lipinski definition) is 1. The summed E-state index contributed by atoms with van der Waals surface area (Å²) in [5.74, 6) is 0.962. The highest BCUT2D eigenvalue weighted by Gasteiger charge is 2.28. The molecule has 2 heterocycles. The fraction of sp³-hybridized carbons (Fsp3) is 0.348. The predicted octanol–water partition coefficient (Wildman–Crippen LogP) is 3.51. The smallest absolute Gasteiger partial charge is 0.339 e. The second kappa shape index (κ2) is 7.70. The summed E-state index contributed by atoms with van der Waals surface area (Å²) in [4.78, 5) is 27.2. The van der Waals surface area contributed by atoms with E-state index in [1.165, 1.54) is 0 Å². The maximum absolute atomic E-state index is 12.9. The van der Waals surface area contributed by atoms with Gasteiger partial charge in [0.15, 0.2) is 0 Å². The first kappa shape index (κ1) is 19.2. The fourth-order valence-corrected chi connectivity index (χ4v) is 4.15. The quantitative estimate of drug-likeness (QED) is 0.744. The first-order valence-corrected chi connectivity index (χ1v) is 10.0. The number of rotatable bonds is 3. The minimum Gasteiger partial charge on any atom is -0.339 e. The topological polar surface area (TPSA) is 71.0 Å². The zero-order valence-corrected chi connectivity index (χ0v) is 17.1. The number of aryl methyl sites for hydroxylation is 3. The molecule has 1 fully saturated rings. The van der Waals surface area contributed by atoms with Crippen molar-refractivity contribution < 1.29 is 4.79 Å². The lowest BCUT2D eigenvalue weighted by Gasteiger charge is -2.31. The third-order valence-electron chi connectivity index (χ3n) is 5.61. The van der Waals surface area contributed by atoms with Crippen LogP contribution in [-0.2, 0) is 0 Å². The number of benzene rings is 2. The van der Waals surface area contributed by atoms with Crippen molar-refractivity contribution >= 4 is 5.91 Å². The first-order chi connectivity index (χ1) is 13.9. The molecule has 0 aliphatic carbocycles. The summed E-state index contributed by atoms with van der Waals surface area (Å²) in [6.07, 6.45) is 1.57. The van der Waals surface area contributed by atoms with Crippen LogP contribution in [0.4, 0.5) is 0 Å². The van der Waals surface area contributed by atoms with Crippen LogP contribution >= 0.6 is 0 Å². The number of hydrogen-bond acceptors (Lipinski definition) is 3. The van der Waals surface area contributed by atoms with Gasteiger partial charge >= 0.3 is 5.69 Å². The summed E-state index contributed by atoms with van der Waals surface area (Å²) in [5, 5.41) is 6.91. The molecule has 1 aliphatic heterocycles. The van der Waals surface area contributed by atoms with Crippen LogP contribution in [0.3, 0.4) is 0 Å². The van der Waals surface area contributed by atoms with E-state index in [1.54, 1.807) is 4.57 Å². The molecule has 6 heteroatoms. The number of aromatic amines is 1. The Labute approximate surface area is 170 Å². The molecule has 3 aromatic rings. The van der Waals surface area contributed by atoms with Gasteiger partial charge in [0.25, 0.3) is 5.91 Å². The highest BCUT2D eigenvalue weighted by Crippen LogP contribution is 2.28. The lowest BCUT2D eigenvalue weighted by atomic mass is 9.95. The van der Waals surface area contributed by atoms with Gasteiger partial charge < -0.3 is 4.90 Å². The number of H-pyrrole nitrogens is 1. The Balaban J connectivity index is 1.51. The van der Waals surface area contributed by atoms with Crippen molar-refractivity contribution in [2.45, 2.75) is 39.5 Å². The molecule has 6 nitrogen and oxygen atoms in total. The number of likely N-dealkylation sites (tertiary alicyclic amines) is 1. The SMILES string of the molecule is Cc1ccc(-n2c(C3CCN(C(=O)c4cc(C)cc(C)c4)CC3)n[nH]c2=O)cc1. The monoisotopic (exact) mass is 390 g/mol. The van der Waals surface area contributed by atoms with Gasteiger partial charge in [0.2, 0.25) is 0 Å². The molecule has 1 aliphatic rings. The summed E-state index contributed by atoms with van der Waals surface area (Å²) < 4.78 is 1.66. The Kier molecular flexibility index (Phi) is 5.09. The summed E-state index contributed by atoms with van der Waals surface area (Å²) in [5.41, 5.74) is 4.68. The molecule has 1 aromatic heterocycles. The van der Waals surface area contributed by atoms with Gasteiger partial charge in [-0.05, 0) is 57.9 Å². The Morgan fingerprint density at radius 1 is 0.966 bits per heavy atom. The van der Waals surface area contributed by atoms with Crippen LogP contribution in [0, 0.1) is 20.8 Å². The van der Waals surface area contributed by atoms with Gasteiger partial charge in [-0.25, -0.2) is 14.5 Å². The van der Waals surface area contributed by atoms with E-state index in [0.717, 1.165) is 46.6 Å². The Hall–Kier alpha value is -3.15. The van der Waals surface area contributed by atoms with Crippen LogP contribution in [0.1, 0.15) is 51.6 Å². The van der Waals surface area contributed by atoms with E-state index in [9.17, 15) is 9.59 Å². The van der Waals surface area contributed by atoms with E-state index in [0.29, 0.717) is 13.1 Å². The van der Waals surface area contributed by atoms with E-state index < -0.39 is 0 Å². The lowest BCUT2D eigenvalue weighted by Crippen LogP contribution is -2.38. The van der Waals surface area contributed by atoms with Crippen molar-refractivity contribution in [1.82, 2.24) is 19.7 Å². The van der Waals surface area contributed by atoms with Gasteiger partial charge in [-0.1, -0.05) is 34.9 Å². The van der Waals surface area contributed by atoms with Gasteiger partial charge in [-0.15, -0.1) is 0 Å². The van der Waals surface area contributed by atoms with Crippen molar-refractivity contribution in [2.24, 2.45) is 0 Å². The normalized spacial score (nSPS) is 14.9. The lowest BCUT2D eigenvalue weighted by molar-refractivity contribution is 0.0710. The van der Waals surface area contributed by atoms with Crippen molar-refractivity contribution in [3.05, 3.63) is 81.0 Å². The van der Waals surface area contributed by atoms with Gasteiger partial charge in [-0.2, -0.15) is 5.10 Å². The van der Waals surface area contributed by atoms with Crippen molar-refractivity contribution in [3.8, 4) is 5.69 Å². The molecular weight excluding hydrogens is 364 g/mol. The largest absolute Gasteiger partial charge is 0.347 e. The molecule has 150 valence electrons. The zero-order chi connectivity index (χ0) is 20.5. The average molecular weight is 390 g/mol. The van der Waals surface area contributed by atoms with Crippen molar-refractivity contribution in [3.63, 3.8) is 0 Å². The van der Waals surface area contributed by atoms with Crippen LogP contribution in [0.2, 0.25) is 0 Å². The molecule has 1 N–H and O–H groups in total. The number of amides is 1. The molecule has 1 amide bonds. The Morgan fingerprint density at radius 3 is 2.21 bits per heavy atom. The third-order valence-corrected chi connectivity index (χ3v) is 5.61. The van der Waals surface area contributed by atoms with E-state index in [1.807, 2.05) is 62.1 Å². The number of aromatic nitrogens is 3. The summed E-state index contributed by atoms with van der Waals surface area (Å²) in [6.45, 7) is 7.36. The molecule has 0 radical (unpaired) electrons. The van der Waals surface area contributed by atoms with Gasteiger partial charge in [0, 0.05) is 24.6 Å². The molecule has 0 spiro atoms. The predicted molar refractivity (Wildman–Crippen MR) is 113 cm³/mol. The van der Waals surface area contributed by atoms with Crippen LogP contribution in [0.25, 0.3) is 5.69 Å². The number of carbonyl (C=O) groups excluding carboxylic acids is 1. The Bertz CT molecular complexity index is 1070. The number of nitrogens with zero attached hydrogens (tertiary/aromatic N) is 3. The van der Waals surface area contributed by atoms with E-state index in [4.69, 9.17) is 0 Å². The highest BCUT2D eigenvalue weighted by molar-refractivity contribution is 5.94. The van der Waals surface area contributed by atoms with Crippen molar-refractivity contribution in [2.75, 3.05) is 13.1 Å². The molecule has 1 saturated heterocycles. The van der Waals surface area contributed by atoms with Gasteiger partial charge in [0.1, 0.15) is 5.82 Å². The minimum atomic E-state index is -0.224. The fourth-order valence-electron chi connectivity index (χ4n) is 4.15. The van der Waals surface area contributed by atoms with Crippen molar-refractivity contribution in [1.29, 1.82) is 0 Å². The van der Waals surface area contributed by atoms with Gasteiger partial charge in [0.05, 0.1) is 5.69 Å². The molecule has 0 unspecified atom stereocenters. The maximum atomic E-state index is 12.9. The number of nitrogens with one attached hydrogen (secondary N) is 1. The highest BCUT2D eigenvalue weighted by atomic mass is 16.2. The summed E-state index contributed by atoms with van der Waals surface area (Å²) in [6, 6.07) is 13.8. The number of piperidine rings is 1. The minimum absolute atomic E-state index is 0.0770. The number of carbonyl (C=O) groups is 1. The molecule has 0 atom stereocenters.